The first-order valence-corrected chi connectivity index (χ1v) is 12.2. The molecular formula is C27H26N2O2S. The Bertz CT molecular complexity index is 1420. The van der Waals surface area contributed by atoms with Gasteiger partial charge in [-0.05, 0) is 46.4 Å². The molecule has 32 heavy (non-hydrogen) atoms. The van der Waals surface area contributed by atoms with Crippen molar-refractivity contribution in [2.75, 3.05) is 0 Å². The topological polar surface area (TPSA) is 53.2 Å². The highest BCUT2D eigenvalue weighted by atomic mass is 32.2. The van der Waals surface area contributed by atoms with E-state index in [1.807, 2.05) is 72.9 Å². The quantitative estimate of drug-likeness (QED) is 0.409. The van der Waals surface area contributed by atoms with Crippen molar-refractivity contribution in [1.29, 1.82) is 0 Å². The molecular weight excluding hydrogens is 416 g/mol. The second-order valence-electron chi connectivity index (χ2n) is 9.25. The van der Waals surface area contributed by atoms with Crippen molar-refractivity contribution in [3.8, 4) is 0 Å². The first kappa shape index (κ1) is 20.6. The van der Waals surface area contributed by atoms with Crippen LogP contribution in [0.25, 0.3) is 17.0 Å². The zero-order valence-electron chi connectivity index (χ0n) is 18.4. The number of aromatic nitrogens is 1. The van der Waals surface area contributed by atoms with Crippen LogP contribution in [0.3, 0.4) is 0 Å². The summed E-state index contributed by atoms with van der Waals surface area (Å²) in [6, 6.07) is 22.8. The normalized spacial score (nSPS) is 16.3. The lowest BCUT2D eigenvalue weighted by Gasteiger charge is -2.34. The molecule has 0 saturated heterocycles. The van der Waals surface area contributed by atoms with Gasteiger partial charge in [-0.15, -0.1) is 0 Å². The van der Waals surface area contributed by atoms with Crippen LogP contribution >= 0.6 is 0 Å². The molecule has 0 spiro atoms. The van der Waals surface area contributed by atoms with Crippen LogP contribution in [-0.2, 0) is 15.4 Å². The van der Waals surface area contributed by atoms with Crippen LogP contribution < -0.4 is 0 Å². The van der Waals surface area contributed by atoms with Crippen LogP contribution in [0.4, 0.5) is 0 Å². The Morgan fingerprint density at radius 1 is 0.844 bits per heavy atom. The highest BCUT2D eigenvalue weighted by Crippen LogP contribution is 2.41. The smallest absolute Gasteiger partial charge is 0.264 e. The second-order valence-corrected chi connectivity index (χ2v) is 11.1. The van der Waals surface area contributed by atoms with Crippen LogP contribution in [0.1, 0.15) is 49.1 Å². The SMILES string of the molecule is CC(C)(C)c1ccc(S(=O)(=O)N2C=Cc3ccccc3C2c2c[nH]c3ccccc23)cc1. The van der Waals surface area contributed by atoms with Gasteiger partial charge in [0.1, 0.15) is 0 Å². The molecule has 1 unspecified atom stereocenters. The molecule has 1 aliphatic heterocycles. The molecule has 1 N–H and O–H groups in total. The van der Waals surface area contributed by atoms with E-state index in [-0.39, 0.29) is 5.41 Å². The van der Waals surface area contributed by atoms with Crippen molar-refractivity contribution >= 4 is 27.0 Å². The first-order chi connectivity index (χ1) is 15.3. The highest BCUT2D eigenvalue weighted by Gasteiger charge is 2.35. The summed E-state index contributed by atoms with van der Waals surface area (Å²) in [5, 5.41) is 1.02. The lowest BCUT2D eigenvalue weighted by atomic mass is 9.87. The number of benzene rings is 3. The summed E-state index contributed by atoms with van der Waals surface area (Å²) >= 11 is 0. The predicted octanol–water partition coefficient (Wildman–Crippen LogP) is 6.23. The highest BCUT2D eigenvalue weighted by molar-refractivity contribution is 7.89. The van der Waals surface area contributed by atoms with E-state index < -0.39 is 16.1 Å². The maximum absolute atomic E-state index is 13.9. The van der Waals surface area contributed by atoms with E-state index in [1.165, 1.54) is 4.31 Å². The Labute approximate surface area is 189 Å². The summed E-state index contributed by atoms with van der Waals surface area (Å²) in [4.78, 5) is 3.60. The van der Waals surface area contributed by atoms with Gasteiger partial charge in [0.05, 0.1) is 10.9 Å². The van der Waals surface area contributed by atoms with Crippen molar-refractivity contribution in [2.45, 2.75) is 37.1 Å². The standard InChI is InChI=1S/C27H26N2O2S/c1-27(2,3)20-12-14-21(15-13-20)32(30,31)29-17-16-19-8-4-5-9-22(19)26(29)24-18-28-25-11-7-6-10-23(24)25/h4-18,26,28H,1-3H3. The molecule has 2 heterocycles. The number of fused-ring (bicyclic) bond motifs is 2. The van der Waals surface area contributed by atoms with Gasteiger partial charge < -0.3 is 4.98 Å². The van der Waals surface area contributed by atoms with E-state index in [1.54, 1.807) is 18.3 Å². The van der Waals surface area contributed by atoms with Gasteiger partial charge in [-0.1, -0.05) is 75.4 Å². The Balaban J connectivity index is 1.67. The maximum Gasteiger partial charge on any atom is 0.264 e. The van der Waals surface area contributed by atoms with Crippen molar-refractivity contribution in [1.82, 2.24) is 9.29 Å². The van der Waals surface area contributed by atoms with Crippen molar-refractivity contribution in [3.05, 3.63) is 107 Å². The average molecular weight is 443 g/mol. The van der Waals surface area contributed by atoms with Crippen molar-refractivity contribution in [2.24, 2.45) is 0 Å². The van der Waals surface area contributed by atoms with E-state index in [0.717, 1.165) is 33.2 Å². The Morgan fingerprint density at radius 3 is 2.28 bits per heavy atom. The molecule has 0 amide bonds. The van der Waals surface area contributed by atoms with Gasteiger partial charge in [0, 0.05) is 28.9 Å². The average Bonchev–Trinajstić information content (AvgIpc) is 3.21. The molecule has 1 aromatic heterocycles. The van der Waals surface area contributed by atoms with Gasteiger partial charge >= 0.3 is 0 Å². The number of hydrogen-bond donors (Lipinski definition) is 1. The molecule has 162 valence electrons. The van der Waals surface area contributed by atoms with Gasteiger partial charge in [0.25, 0.3) is 10.0 Å². The summed E-state index contributed by atoms with van der Waals surface area (Å²) in [6.07, 6.45) is 5.50. The Hall–Kier alpha value is -3.31. The maximum atomic E-state index is 13.9. The minimum Gasteiger partial charge on any atom is -0.361 e. The summed E-state index contributed by atoms with van der Waals surface area (Å²) in [5.41, 5.74) is 4.98. The molecule has 5 rings (SSSR count). The zero-order chi connectivity index (χ0) is 22.5. The molecule has 5 heteroatoms. The van der Waals surface area contributed by atoms with Crippen molar-refractivity contribution in [3.63, 3.8) is 0 Å². The first-order valence-electron chi connectivity index (χ1n) is 10.7. The number of H-pyrrole nitrogens is 1. The molecule has 0 radical (unpaired) electrons. The van der Waals surface area contributed by atoms with Gasteiger partial charge in [-0.2, -0.15) is 0 Å². The predicted molar refractivity (Wildman–Crippen MR) is 130 cm³/mol. The van der Waals surface area contributed by atoms with Gasteiger partial charge in [0.2, 0.25) is 0 Å². The third-order valence-corrected chi connectivity index (χ3v) is 7.91. The van der Waals surface area contributed by atoms with Crippen LogP contribution in [0.15, 0.2) is 90.1 Å². The fourth-order valence-corrected chi connectivity index (χ4v) is 5.83. The number of nitrogens with zero attached hydrogens (tertiary/aromatic N) is 1. The second kappa shape index (κ2) is 7.38. The molecule has 0 fully saturated rings. The molecule has 0 aliphatic carbocycles. The monoisotopic (exact) mass is 442 g/mol. The van der Waals surface area contributed by atoms with Gasteiger partial charge in [-0.3, -0.25) is 4.31 Å². The van der Waals surface area contributed by atoms with Crippen LogP contribution in [-0.4, -0.2) is 17.7 Å². The van der Waals surface area contributed by atoms with E-state index in [9.17, 15) is 8.42 Å². The zero-order valence-corrected chi connectivity index (χ0v) is 19.2. The van der Waals surface area contributed by atoms with E-state index in [2.05, 4.69) is 25.8 Å². The number of aromatic amines is 1. The van der Waals surface area contributed by atoms with Gasteiger partial charge in [-0.25, -0.2) is 8.42 Å². The molecule has 3 aromatic carbocycles. The van der Waals surface area contributed by atoms with Crippen LogP contribution in [0.5, 0.6) is 0 Å². The van der Waals surface area contributed by atoms with E-state index in [0.29, 0.717) is 4.90 Å². The molecule has 0 bridgehead atoms. The van der Waals surface area contributed by atoms with E-state index in [4.69, 9.17) is 0 Å². The summed E-state index contributed by atoms with van der Waals surface area (Å²) in [6.45, 7) is 6.36. The lowest BCUT2D eigenvalue weighted by molar-refractivity contribution is 0.448. The number of hydrogen-bond acceptors (Lipinski definition) is 2. The lowest BCUT2D eigenvalue weighted by Crippen LogP contribution is -2.33. The largest absolute Gasteiger partial charge is 0.361 e. The van der Waals surface area contributed by atoms with Crippen molar-refractivity contribution < 1.29 is 8.42 Å². The summed E-state index contributed by atoms with van der Waals surface area (Å²) in [5.74, 6) is 0. The number of nitrogens with one attached hydrogen (secondary N) is 1. The molecule has 1 aliphatic rings. The third-order valence-electron chi connectivity index (χ3n) is 6.16. The molecule has 4 aromatic rings. The minimum atomic E-state index is -3.78. The van der Waals surface area contributed by atoms with Gasteiger partial charge in [0.15, 0.2) is 0 Å². The Morgan fingerprint density at radius 2 is 1.53 bits per heavy atom. The summed E-state index contributed by atoms with van der Waals surface area (Å²) < 4.78 is 29.2. The number of sulfonamides is 1. The fraction of sp³-hybridized carbons (Fsp3) is 0.185. The van der Waals surface area contributed by atoms with Crippen LogP contribution in [0.2, 0.25) is 0 Å². The number of para-hydroxylation sites is 1. The number of rotatable bonds is 3. The molecule has 4 nitrogen and oxygen atoms in total. The Kier molecular flexibility index (Phi) is 4.75. The molecule has 0 saturated carbocycles. The minimum absolute atomic E-state index is 0.0428. The van der Waals surface area contributed by atoms with Crippen LogP contribution in [0, 0.1) is 0 Å². The van der Waals surface area contributed by atoms with E-state index >= 15 is 0 Å². The summed E-state index contributed by atoms with van der Waals surface area (Å²) in [7, 11) is -3.78. The third kappa shape index (κ3) is 3.33. The molecule has 1 atom stereocenters. The fourth-order valence-electron chi connectivity index (χ4n) is 4.38.